The molecule has 4 aromatic heterocycles. The van der Waals surface area contributed by atoms with E-state index in [9.17, 15) is 0 Å². The Morgan fingerprint density at radius 2 is 1.17 bits per heavy atom. The number of hydrogen-bond acceptors (Lipinski definition) is 7. The van der Waals surface area contributed by atoms with Gasteiger partial charge in [0.1, 0.15) is 16.8 Å². The molecule has 0 spiro atoms. The van der Waals surface area contributed by atoms with E-state index in [4.69, 9.17) is 34.3 Å². The molecule has 0 unspecified atom stereocenters. The van der Waals surface area contributed by atoms with E-state index in [1.54, 1.807) is 12.4 Å². The first-order chi connectivity index (χ1) is 20.3. The van der Waals surface area contributed by atoms with Crippen LogP contribution in [0.1, 0.15) is 0 Å². The maximum absolute atomic E-state index is 6.00. The number of nitrogens with zero attached hydrogens (tertiary/aromatic N) is 6. The van der Waals surface area contributed by atoms with Crippen molar-refractivity contribution in [3.05, 3.63) is 122 Å². The van der Waals surface area contributed by atoms with Crippen molar-refractivity contribution in [2.75, 3.05) is 0 Å². The molecule has 192 valence electrons. The summed E-state index contributed by atoms with van der Waals surface area (Å²) >= 11 is 0. The lowest BCUT2D eigenvalue weighted by molar-refractivity contribution is 0.653. The van der Waals surface area contributed by atoms with Gasteiger partial charge in [0.25, 0.3) is 0 Å². The number of furan rings is 1. The molecular weight excluding hydrogens is 508 g/mol. The molecule has 0 aliphatic rings. The monoisotopic (exact) mass is 528 g/mol. The summed E-state index contributed by atoms with van der Waals surface area (Å²) in [6, 6.07) is 35.8. The van der Waals surface area contributed by atoms with Crippen LogP contribution in [0.15, 0.2) is 126 Å². The zero-order chi connectivity index (χ0) is 27.2. The topological polar surface area (TPSA) is 90.5 Å². The number of fused-ring (bicyclic) bond motifs is 4. The molecule has 8 rings (SSSR count). The van der Waals surface area contributed by atoms with Crippen molar-refractivity contribution in [2.24, 2.45) is 0 Å². The quantitative estimate of drug-likeness (QED) is 0.230. The third-order valence-electron chi connectivity index (χ3n) is 7.06. The van der Waals surface area contributed by atoms with Crippen LogP contribution < -0.4 is 0 Å². The van der Waals surface area contributed by atoms with Gasteiger partial charge < -0.3 is 4.42 Å². The van der Waals surface area contributed by atoms with Crippen molar-refractivity contribution in [3.8, 4) is 45.6 Å². The van der Waals surface area contributed by atoms with Gasteiger partial charge in [-0.05, 0) is 29.7 Å². The standard InChI is InChI=1S/C34H20N6O/c1-3-9-22(10-4-1)31-38-32(23-11-5-2-6-12-23)40-33(39-31)24-16-15-21-17-18-35-29(26(21)19-24)27-20-36-30-25-13-7-8-14-28(25)41-34(30)37-27/h1-20H. The highest BCUT2D eigenvalue weighted by molar-refractivity contribution is 6.02. The largest absolute Gasteiger partial charge is 0.436 e. The first kappa shape index (κ1) is 23.1. The third kappa shape index (κ3) is 4.08. The molecule has 0 fully saturated rings. The van der Waals surface area contributed by atoms with Crippen molar-refractivity contribution in [1.29, 1.82) is 0 Å². The highest BCUT2D eigenvalue weighted by atomic mass is 16.3. The highest BCUT2D eigenvalue weighted by Gasteiger charge is 2.16. The molecule has 4 heterocycles. The zero-order valence-corrected chi connectivity index (χ0v) is 21.6. The second-order valence-electron chi connectivity index (χ2n) is 9.64. The number of hydrogen-bond donors (Lipinski definition) is 0. The normalized spacial score (nSPS) is 11.4. The van der Waals surface area contributed by atoms with Crippen molar-refractivity contribution in [1.82, 2.24) is 29.9 Å². The second kappa shape index (κ2) is 9.43. The van der Waals surface area contributed by atoms with E-state index < -0.39 is 0 Å². The molecule has 41 heavy (non-hydrogen) atoms. The Balaban J connectivity index is 1.30. The van der Waals surface area contributed by atoms with E-state index in [1.165, 1.54) is 0 Å². The maximum atomic E-state index is 6.00. The second-order valence-corrected chi connectivity index (χ2v) is 9.64. The van der Waals surface area contributed by atoms with Crippen molar-refractivity contribution in [3.63, 3.8) is 0 Å². The molecule has 0 radical (unpaired) electrons. The molecule has 8 aromatic rings. The van der Waals surface area contributed by atoms with E-state index >= 15 is 0 Å². The van der Waals surface area contributed by atoms with Crippen LogP contribution in [0.25, 0.3) is 78.5 Å². The Bertz CT molecular complexity index is 2150. The molecule has 0 amide bonds. The summed E-state index contributed by atoms with van der Waals surface area (Å²) in [4.78, 5) is 28.8. The number of para-hydroxylation sites is 1. The van der Waals surface area contributed by atoms with E-state index in [1.807, 2.05) is 97.1 Å². The van der Waals surface area contributed by atoms with E-state index in [-0.39, 0.29) is 0 Å². The lowest BCUT2D eigenvalue weighted by Crippen LogP contribution is -2.00. The van der Waals surface area contributed by atoms with Crippen LogP contribution in [-0.4, -0.2) is 29.9 Å². The lowest BCUT2D eigenvalue weighted by atomic mass is 10.0. The molecule has 0 saturated carbocycles. The van der Waals surface area contributed by atoms with Crippen LogP contribution in [-0.2, 0) is 0 Å². The van der Waals surface area contributed by atoms with Crippen LogP contribution in [0, 0.1) is 0 Å². The van der Waals surface area contributed by atoms with Gasteiger partial charge in [0.2, 0.25) is 5.71 Å². The van der Waals surface area contributed by atoms with Gasteiger partial charge in [-0.15, -0.1) is 0 Å². The molecule has 7 nitrogen and oxygen atoms in total. The summed E-state index contributed by atoms with van der Waals surface area (Å²) < 4.78 is 6.00. The third-order valence-corrected chi connectivity index (χ3v) is 7.06. The summed E-state index contributed by atoms with van der Waals surface area (Å²) in [5.74, 6) is 1.80. The van der Waals surface area contributed by atoms with Gasteiger partial charge in [0.15, 0.2) is 17.5 Å². The van der Waals surface area contributed by atoms with Crippen LogP contribution in [0.5, 0.6) is 0 Å². The molecule has 0 saturated heterocycles. The molecule has 0 bridgehead atoms. The minimum absolute atomic E-state index is 0.483. The number of rotatable bonds is 4. The molecule has 0 aliphatic heterocycles. The summed E-state index contributed by atoms with van der Waals surface area (Å²) in [5, 5.41) is 2.87. The minimum Gasteiger partial charge on any atom is -0.436 e. The average molecular weight is 529 g/mol. The lowest BCUT2D eigenvalue weighted by Gasteiger charge is -2.10. The van der Waals surface area contributed by atoms with Gasteiger partial charge in [-0.1, -0.05) is 84.9 Å². The number of pyridine rings is 1. The summed E-state index contributed by atoms with van der Waals surface area (Å²) in [6.45, 7) is 0. The Kier molecular flexibility index (Phi) is 5.31. The molecule has 0 atom stereocenters. The predicted octanol–water partition coefficient (Wildman–Crippen LogP) is 7.78. The van der Waals surface area contributed by atoms with Crippen molar-refractivity contribution >= 4 is 33.0 Å². The van der Waals surface area contributed by atoms with Gasteiger partial charge >= 0.3 is 0 Å². The SMILES string of the molecule is c1ccc(-c2nc(-c3ccccc3)nc(-c3ccc4ccnc(-c5cnc6c(n5)oc5ccccc56)c4c3)n2)cc1. The maximum Gasteiger partial charge on any atom is 0.246 e. The van der Waals surface area contributed by atoms with Gasteiger partial charge in [0, 0.05) is 33.7 Å². The van der Waals surface area contributed by atoms with Gasteiger partial charge in [0.05, 0.1) is 11.9 Å². The van der Waals surface area contributed by atoms with E-state index in [2.05, 4.69) is 12.1 Å². The predicted molar refractivity (Wildman–Crippen MR) is 160 cm³/mol. The Labute approximate surface area is 234 Å². The summed E-state index contributed by atoms with van der Waals surface area (Å²) in [5.41, 5.74) is 6.00. The van der Waals surface area contributed by atoms with Crippen LogP contribution in [0.4, 0.5) is 0 Å². The molecular formula is C34H20N6O. The van der Waals surface area contributed by atoms with E-state index in [0.717, 1.165) is 43.9 Å². The fourth-order valence-corrected chi connectivity index (χ4v) is 5.05. The van der Waals surface area contributed by atoms with Crippen LogP contribution in [0.3, 0.4) is 0 Å². The van der Waals surface area contributed by atoms with E-state index in [0.29, 0.717) is 34.6 Å². The van der Waals surface area contributed by atoms with Gasteiger partial charge in [-0.2, -0.15) is 0 Å². The smallest absolute Gasteiger partial charge is 0.246 e. The summed E-state index contributed by atoms with van der Waals surface area (Å²) in [6.07, 6.45) is 3.54. The average Bonchev–Trinajstić information content (AvgIpc) is 3.43. The zero-order valence-electron chi connectivity index (χ0n) is 21.6. The minimum atomic E-state index is 0.483. The highest BCUT2D eigenvalue weighted by Crippen LogP contribution is 2.32. The first-order valence-corrected chi connectivity index (χ1v) is 13.2. The number of benzene rings is 4. The van der Waals surface area contributed by atoms with Gasteiger partial charge in [-0.25, -0.2) is 24.9 Å². The van der Waals surface area contributed by atoms with Crippen LogP contribution in [0.2, 0.25) is 0 Å². The Morgan fingerprint density at radius 1 is 0.512 bits per heavy atom. The first-order valence-electron chi connectivity index (χ1n) is 13.2. The number of aromatic nitrogens is 6. The van der Waals surface area contributed by atoms with Crippen molar-refractivity contribution < 1.29 is 4.42 Å². The van der Waals surface area contributed by atoms with Crippen LogP contribution >= 0.6 is 0 Å². The van der Waals surface area contributed by atoms with Crippen molar-refractivity contribution in [2.45, 2.75) is 0 Å². The molecule has 0 aliphatic carbocycles. The Hall–Kier alpha value is -5.82. The Morgan fingerprint density at radius 3 is 1.90 bits per heavy atom. The van der Waals surface area contributed by atoms with Gasteiger partial charge in [-0.3, -0.25) is 4.98 Å². The molecule has 4 aromatic carbocycles. The molecule has 0 N–H and O–H groups in total. The fraction of sp³-hybridized carbons (Fsp3) is 0. The summed E-state index contributed by atoms with van der Waals surface area (Å²) in [7, 11) is 0. The fourth-order valence-electron chi connectivity index (χ4n) is 5.05. The molecule has 7 heteroatoms.